The van der Waals surface area contributed by atoms with E-state index in [1.165, 1.54) is 0 Å². The van der Waals surface area contributed by atoms with E-state index in [0.717, 1.165) is 0 Å². The third kappa shape index (κ3) is 7.77. The lowest BCUT2D eigenvalue weighted by Crippen LogP contribution is -2.37. The number of nitrogens with one attached hydrogen (secondary N) is 2. The second-order valence-corrected chi connectivity index (χ2v) is 4.87. The van der Waals surface area contributed by atoms with Crippen LogP contribution in [0.2, 0.25) is 10.0 Å². The van der Waals surface area contributed by atoms with Gasteiger partial charge in [0.2, 0.25) is 0 Å². The summed E-state index contributed by atoms with van der Waals surface area (Å²) in [4.78, 5) is 4.25. The van der Waals surface area contributed by atoms with Gasteiger partial charge in [-0.15, -0.1) is 30.4 Å². The summed E-state index contributed by atoms with van der Waals surface area (Å²) < 4.78 is 0. The number of hydrogen-bond donors (Lipinski definition) is 3. The number of aliphatic hydroxyl groups excluding tert-OH is 1. The standard InChI is InChI=1S/C14H17Cl2N3O.HI/c1-3-5-18-14(17-4-2)19-9-13(20)10-6-11(15)8-12(16)7-10;/h1,6-8,13,20H,4-5,9H2,2H3,(H2,17,18,19);1H. The van der Waals surface area contributed by atoms with Crippen molar-refractivity contribution < 1.29 is 5.11 Å². The van der Waals surface area contributed by atoms with Crippen LogP contribution in [0.4, 0.5) is 0 Å². The zero-order valence-electron chi connectivity index (χ0n) is 11.6. The molecule has 0 spiro atoms. The summed E-state index contributed by atoms with van der Waals surface area (Å²) in [5.41, 5.74) is 0.624. The average Bonchev–Trinajstić information content (AvgIpc) is 2.40. The minimum absolute atomic E-state index is 0. The average molecular weight is 442 g/mol. The molecule has 3 N–H and O–H groups in total. The lowest BCUT2D eigenvalue weighted by molar-refractivity contribution is 0.187. The summed E-state index contributed by atoms with van der Waals surface area (Å²) in [6.07, 6.45) is 4.39. The number of benzene rings is 1. The zero-order chi connectivity index (χ0) is 15.0. The first-order chi connectivity index (χ1) is 9.56. The highest BCUT2D eigenvalue weighted by Gasteiger charge is 2.09. The maximum Gasteiger partial charge on any atom is 0.192 e. The molecule has 4 nitrogen and oxygen atoms in total. The van der Waals surface area contributed by atoms with E-state index < -0.39 is 6.10 Å². The molecule has 1 unspecified atom stereocenters. The molecule has 0 radical (unpaired) electrons. The van der Waals surface area contributed by atoms with E-state index in [1.54, 1.807) is 18.2 Å². The fourth-order valence-corrected chi connectivity index (χ4v) is 2.07. The highest BCUT2D eigenvalue weighted by Crippen LogP contribution is 2.23. The van der Waals surface area contributed by atoms with Gasteiger partial charge in [0.05, 0.1) is 19.2 Å². The van der Waals surface area contributed by atoms with Crippen molar-refractivity contribution in [3.05, 3.63) is 33.8 Å². The predicted molar refractivity (Wildman–Crippen MR) is 99.7 cm³/mol. The highest BCUT2D eigenvalue weighted by atomic mass is 127. The van der Waals surface area contributed by atoms with Crippen molar-refractivity contribution in [3.63, 3.8) is 0 Å². The molecule has 7 heteroatoms. The number of aliphatic imine (C=N–C) groups is 1. The van der Waals surface area contributed by atoms with Crippen LogP contribution in [0.3, 0.4) is 0 Å². The molecule has 0 bridgehead atoms. The number of rotatable bonds is 5. The van der Waals surface area contributed by atoms with Crippen LogP contribution in [0.25, 0.3) is 0 Å². The molecule has 1 aromatic rings. The quantitative estimate of drug-likeness (QED) is 0.285. The van der Waals surface area contributed by atoms with E-state index in [4.69, 9.17) is 29.6 Å². The fraction of sp³-hybridized carbons (Fsp3) is 0.357. The molecule has 0 aliphatic heterocycles. The Morgan fingerprint density at radius 1 is 1.33 bits per heavy atom. The van der Waals surface area contributed by atoms with Crippen molar-refractivity contribution >= 4 is 53.1 Å². The molecule has 1 aromatic carbocycles. The van der Waals surface area contributed by atoms with Crippen molar-refractivity contribution in [2.45, 2.75) is 13.0 Å². The van der Waals surface area contributed by atoms with Gasteiger partial charge in [-0.2, -0.15) is 0 Å². The fourth-order valence-electron chi connectivity index (χ4n) is 1.53. The van der Waals surface area contributed by atoms with Crippen LogP contribution in [0.15, 0.2) is 23.2 Å². The van der Waals surface area contributed by atoms with Crippen LogP contribution in [0.1, 0.15) is 18.6 Å². The van der Waals surface area contributed by atoms with Gasteiger partial charge in [-0.25, -0.2) is 0 Å². The molecule has 0 saturated carbocycles. The Morgan fingerprint density at radius 3 is 2.48 bits per heavy atom. The molecule has 0 aromatic heterocycles. The molecule has 0 amide bonds. The Balaban J connectivity index is 0.00000400. The van der Waals surface area contributed by atoms with E-state index in [1.807, 2.05) is 6.92 Å². The normalized spacial score (nSPS) is 12.0. The first kappa shape index (κ1) is 20.3. The molecule has 1 atom stereocenters. The van der Waals surface area contributed by atoms with Gasteiger partial charge in [-0.1, -0.05) is 29.1 Å². The van der Waals surface area contributed by atoms with Gasteiger partial charge in [0.25, 0.3) is 0 Å². The molecule has 21 heavy (non-hydrogen) atoms. The van der Waals surface area contributed by atoms with Gasteiger partial charge < -0.3 is 15.7 Å². The number of nitrogens with zero attached hydrogens (tertiary/aromatic N) is 1. The van der Waals surface area contributed by atoms with Crippen LogP contribution in [-0.2, 0) is 0 Å². The van der Waals surface area contributed by atoms with Crippen LogP contribution in [0, 0.1) is 12.3 Å². The molecule has 0 heterocycles. The summed E-state index contributed by atoms with van der Waals surface area (Å²) in [5.74, 6) is 3.01. The van der Waals surface area contributed by atoms with Crippen LogP contribution >= 0.6 is 47.2 Å². The number of terminal acetylenes is 1. The number of guanidine groups is 1. The van der Waals surface area contributed by atoms with E-state index in [0.29, 0.717) is 34.7 Å². The van der Waals surface area contributed by atoms with Crippen LogP contribution in [0.5, 0.6) is 0 Å². The molecule has 116 valence electrons. The maximum absolute atomic E-state index is 10.1. The summed E-state index contributed by atoms with van der Waals surface area (Å²) in [6, 6.07) is 4.94. The van der Waals surface area contributed by atoms with Crippen molar-refractivity contribution in [1.82, 2.24) is 10.6 Å². The van der Waals surface area contributed by atoms with E-state index in [2.05, 4.69) is 21.5 Å². The van der Waals surface area contributed by atoms with Gasteiger partial charge in [0.15, 0.2) is 5.96 Å². The Hall–Kier alpha value is -0.680. The molecule has 0 aliphatic carbocycles. The third-order valence-corrected chi connectivity index (χ3v) is 2.83. The van der Waals surface area contributed by atoms with Gasteiger partial charge in [0.1, 0.15) is 0 Å². The Kier molecular flexibility index (Phi) is 10.6. The Bertz CT molecular complexity index is 497. The Morgan fingerprint density at radius 2 is 1.95 bits per heavy atom. The molecule has 1 rings (SSSR count). The first-order valence-corrected chi connectivity index (χ1v) is 6.92. The van der Waals surface area contributed by atoms with Gasteiger partial charge in [-0.05, 0) is 30.7 Å². The molecular formula is C14H18Cl2IN3O. The summed E-state index contributed by atoms with van der Waals surface area (Å²) in [7, 11) is 0. The lowest BCUT2D eigenvalue weighted by Gasteiger charge is -2.12. The summed E-state index contributed by atoms with van der Waals surface area (Å²) in [5, 5.41) is 17.0. The zero-order valence-corrected chi connectivity index (χ0v) is 15.4. The second kappa shape index (κ2) is 11.0. The number of halogens is 3. The monoisotopic (exact) mass is 441 g/mol. The molecular weight excluding hydrogens is 424 g/mol. The van der Waals surface area contributed by atoms with Gasteiger partial charge in [0, 0.05) is 16.6 Å². The first-order valence-electron chi connectivity index (χ1n) is 6.16. The Labute approximate surface area is 152 Å². The van der Waals surface area contributed by atoms with Crippen molar-refractivity contribution in [1.29, 1.82) is 0 Å². The molecule has 0 fully saturated rings. The number of aliphatic hydroxyl groups is 1. The van der Waals surface area contributed by atoms with Crippen molar-refractivity contribution in [2.75, 3.05) is 19.6 Å². The topological polar surface area (TPSA) is 56.7 Å². The van der Waals surface area contributed by atoms with Gasteiger partial charge >= 0.3 is 0 Å². The maximum atomic E-state index is 10.1. The minimum Gasteiger partial charge on any atom is -0.386 e. The van der Waals surface area contributed by atoms with Crippen LogP contribution < -0.4 is 10.6 Å². The van der Waals surface area contributed by atoms with Crippen LogP contribution in [-0.4, -0.2) is 30.7 Å². The van der Waals surface area contributed by atoms with E-state index >= 15 is 0 Å². The SMILES string of the molecule is C#CCNC(=NCC(O)c1cc(Cl)cc(Cl)c1)NCC.I. The predicted octanol–water partition coefficient (Wildman–Crippen LogP) is 2.83. The largest absolute Gasteiger partial charge is 0.386 e. The molecule has 0 saturated heterocycles. The summed E-state index contributed by atoms with van der Waals surface area (Å²) in [6.45, 7) is 3.19. The van der Waals surface area contributed by atoms with Gasteiger partial charge in [-0.3, -0.25) is 4.99 Å². The summed E-state index contributed by atoms with van der Waals surface area (Å²) >= 11 is 11.8. The van der Waals surface area contributed by atoms with E-state index in [9.17, 15) is 5.11 Å². The van der Waals surface area contributed by atoms with E-state index in [-0.39, 0.29) is 30.5 Å². The molecule has 0 aliphatic rings. The number of hydrogen-bond acceptors (Lipinski definition) is 2. The second-order valence-electron chi connectivity index (χ2n) is 4.00. The lowest BCUT2D eigenvalue weighted by atomic mass is 10.1. The van der Waals surface area contributed by atoms with Crippen molar-refractivity contribution in [2.24, 2.45) is 4.99 Å². The third-order valence-electron chi connectivity index (χ3n) is 2.39. The minimum atomic E-state index is -0.785. The smallest absolute Gasteiger partial charge is 0.192 e. The van der Waals surface area contributed by atoms with Crippen molar-refractivity contribution in [3.8, 4) is 12.3 Å². The highest BCUT2D eigenvalue weighted by molar-refractivity contribution is 14.0.